The molecule has 0 aromatic heterocycles. The van der Waals surface area contributed by atoms with Crippen LogP contribution in [0, 0.1) is 6.92 Å². The number of hydrogen-bond donors (Lipinski definition) is 2. The Morgan fingerprint density at radius 1 is 0.962 bits per heavy atom. The first-order chi connectivity index (χ1) is 12.5. The number of aryl methyl sites for hydroxylation is 1. The van der Waals surface area contributed by atoms with Gasteiger partial charge in [0.25, 0.3) is 11.8 Å². The number of fused-ring (bicyclic) bond motifs is 1. The van der Waals surface area contributed by atoms with E-state index in [2.05, 4.69) is 26.8 Å². The number of hydrazine groups is 1. The highest BCUT2D eigenvalue weighted by Crippen LogP contribution is 2.22. The fourth-order valence-corrected chi connectivity index (χ4v) is 2.96. The highest BCUT2D eigenvalue weighted by atomic mass is 79.9. The summed E-state index contributed by atoms with van der Waals surface area (Å²) in [5.74, 6) is -0.213. The molecule has 5 nitrogen and oxygen atoms in total. The second kappa shape index (κ2) is 8.01. The molecule has 0 fully saturated rings. The Kier molecular flexibility index (Phi) is 5.53. The topological polar surface area (TPSA) is 67.4 Å². The maximum absolute atomic E-state index is 12.2. The highest BCUT2D eigenvalue weighted by Gasteiger charge is 2.09. The summed E-state index contributed by atoms with van der Waals surface area (Å²) in [5, 5.41) is 2.01. The number of carbonyl (C=O) groups excluding carboxylic acids is 2. The standard InChI is InChI=1S/C20H17BrN2O3/c1-13-10-17(21)8-9-18(13)26-12-19(24)22-23-20(25)16-7-6-14-4-2-3-5-15(14)11-16/h2-11H,12H2,1H3,(H,22,24)(H,23,25). The normalized spacial score (nSPS) is 10.4. The number of amides is 2. The molecule has 2 amide bonds. The maximum atomic E-state index is 12.2. The quantitative estimate of drug-likeness (QED) is 0.641. The van der Waals surface area contributed by atoms with Crippen LogP contribution in [0.5, 0.6) is 5.75 Å². The molecule has 6 heteroatoms. The van der Waals surface area contributed by atoms with Crippen LogP contribution in [-0.4, -0.2) is 18.4 Å². The summed E-state index contributed by atoms with van der Waals surface area (Å²) in [6.45, 7) is 1.69. The summed E-state index contributed by atoms with van der Waals surface area (Å²) >= 11 is 3.37. The Hall–Kier alpha value is -2.86. The van der Waals surface area contributed by atoms with Crippen LogP contribution in [-0.2, 0) is 4.79 Å². The summed E-state index contributed by atoms with van der Waals surface area (Å²) in [4.78, 5) is 24.1. The number of benzene rings is 3. The van der Waals surface area contributed by atoms with Gasteiger partial charge < -0.3 is 4.74 Å². The van der Waals surface area contributed by atoms with Gasteiger partial charge in [0.05, 0.1) is 0 Å². The molecule has 0 radical (unpaired) electrons. The van der Waals surface area contributed by atoms with Gasteiger partial charge in [-0.25, -0.2) is 0 Å². The first-order valence-electron chi connectivity index (χ1n) is 8.00. The van der Waals surface area contributed by atoms with Crippen molar-refractivity contribution in [2.24, 2.45) is 0 Å². The van der Waals surface area contributed by atoms with Gasteiger partial charge in [-0.1, -0.05) is 46.3 Å². The van der Waals surface area contributed by atoms with Gasteiger partial charge in [-0.2, -0.15) is 0 Å². The second-order valence-electron chi connectivity index (χ2n) is 5.76. The molecule has 0 aliphatic rings. The number of halogens is 1. The molecule has 0 unspecified atom stereocenters. The van der Waals surface area contributed by atoms with Gasteiger partial charge in [-0.15, -0.1) is 0 Å². The van der Waals surface area contributed by atoms with Gasteiger partial charge in [0.2, 0.25) is 0 Å². The molecule has 0 aliphatic heterocycles. The molecule has 0 atom stereocenters. The van der Waals surface area contributed by atoms with Crippen molar-refractivity contribution in [3.05, 3.63) is 76.3 Å². The van der Waals surface area contributed by atoms with Gasteiger partial charge >= 0.3 is 0 Å². The third kappa shape index (κ3) is 4.40. The molecule has 0 bridgehead atoms. The first kappa shape index (κ1) is 17.9. The zero-order chi connectivity index (χ0) is 18.5. The monoisotopic (exact) mass is 412 g/mol. The Morgan fingerprint density at radius 2 is 1.73 bits per heavy atom. The van der Waals surface area contributed by atoms with Crippen LogP contribution >= 0.6 is 15.9 Å². The molecule has 0 saturated carbocycles. The smallest absolute Gasteiger partial charge is 0.276 e. The lowest BCUT2D eigenvalue weighted by atomic mass is 10.1. The molecular weight excluding hydrogens is 396 g/mol. The minimum Gasteiger partial charge on any atom is -0.483 e. The van der Waals surface area contributed by atoms with Crippen molar-refractivity contribution in [3.63, 3.8) is 0 Å². The summed E-state index contributed by atoms with van der Waals surface area (Å²) in [6.07, 6.45) is 0. The van der Waals surface area contributed by atoms with Crippen LogP contribution in [0.25, 0.3) is 10.8 Å². The zero-order valence-corrected chi connectivity index (χ0v) is 15.7. The van der Waals surface area contributed by atoms with E-state index in [-0.39, 0.29) is 12.5 Å². The average Bonchev–Trinajstić information content (AvgIpc) is 2.65. The molecule has 0 heterocycles. The van der Waals surface area contributed by atoms with Crippen LogP contribution in [0.1, 0.15) is 15.9 Å². The fourth-order valence-electron chi connectivity index (χ4n) is 2.48. The Morgan fingerprint density at radius 3 is 2.50 bits per heavy atom. The predicted molar refractivity (Wildman–Crippen MR) is 104 cm³/mol. The van der Waals surface area contributed by atoms with Gasteiger partial charge in [0, 0.05) is 10.0 Å². The molecule has 3 aromatic carbocycles. The van der Waals surface area contributed by atoms with E-state index >= 15 is 0 Å². The first-order valence-corrected chi connectivity index (χ1v) is 8.79. The van der Waals surface area contributed by atoms with Crippen molar-refractivity contribution in [2.75, 3.05) is 6.61 Å². The van der Waals surface area contributed by atoms with E-state index in [1.165, 1.54) is 0 Å². The van der Waals surface area contributed by atoms with E-state index in [1.807, 2.05) is 49.4 Å². The zero-order valence-electron chi connectivity index (χ0n) is 14.1. The van der Waals surface area contributed by atoms with Crippen molar-refractivity contribution < 1.29 is 14.3 Å². The van der Waals surface area contributed by atoms with Gasteiger partial charge in [0.15, 0.2) is 6.61 Å². The SMILES string of the molecule is Cc1cc(Br)ccc1OCC(=O)NNC(=O)c1ccc2ccccc2c1. The van der Waals surface area contributed by atoms with Crippen molar-refractivity contribution in [1.29, 1.82) is 0 Å². The lowest BCUT2D eigenvalue weighted by molar-refractivity contribution is -0.123. The van der Waals surface area contributed by atoms with Crippen molar-refractivity contribution >= 4 is 38.5 Å². The van der Waals surface area contributed by atoms with E-state index in [0.29, 0.717) is 11.3 Å². The molecule has 26 heavy (non-hydrogen) atoms. The van der Waals surface area contributed by atoms with Gasteiger partial charge in [-0.05, 0) is 53.6 Å². The summed E-state index contributed by atoms with van der Waals surface area (Å²) in [5.41, 5.74) is 6.13. The summed E-state index contributed by atoms with van der Waals surface area (Å²) < 4.78 is 6.40. The molecule has 2 N–H and O–H groups in total. The molecule has 0 saturated heterocycles. The summed E-state index contributed by atoms with van der Waals surface area (Å²) in [7, 11) is 0. The third-order valence-electron chi connectivity index (χ3n) is 3.82. The van der Waals surface area contributed by atoms with Crippen molar-refractivity contribution in [2.45, 2.75) is 6.92 Å². The Labute approximate surface area is 159 Å². The summed E-state index contributed by atoms with van der Waals surface area (Å²) in [6, 6.07) is 18.6. The fraction of sp³-hybridized carbons (Fsp3) is 0.100. The number of ether oxygens (including phenoxy) is 1. The van der Waals surface area contributed by atoms with Crippen LogP contribution in [0.2, 0.25) is 0 Å². The average molecular weight is 413 g/mol. The Balaban J connectivity index is 1.54. The predicted octanol–water partition coefficient (Wildman–Crippen LogP) is 3.75. The van der Waals surface area contributed by atoms with Crippen molar-refractivity contribution in [3.8, 4) is 5.75 Å². The number of rotatable bonds is 4. The highest BCUT2D eigenvalue weighted by molar-refractivity contribution is 9.10. The number of hydrogen-bond acceptors (Lipinski definition) is 3. The lowest BCUT2D eigenvalue weighted by Gasteiger charge is -2.11. The van der Waals surface area contributed by atoms with Crippen LogP contribution < -0.4 is 15.6 Å². The van der Waals surface area contributed by atoms with Crippen LogP contribution in [0.15, 0.2) is 65.1 Å². The molecule has 132 valence electrons. The van der Waals surface area contributed by atoms with Gasteiger partial charge in [-0.3, -0.25) is 20.4 Å². The molecular formula is C20H17BrN2O3. The van der Waals surface area contributed by atoms with Crippen molar-refractivity contribution in [1.82, 2.24) is 10.9 Å². The van der Waals surface area contributed by atoms with Gasteiger partial charge in [0.1, 0.15) is 5.75 Å². The number of nitrogens with one attached hydrogen (secondary N) is 2. The second-order valence-corrected chi connectivity index (χ2v) is 6.68. The van der Waals surface area contributed by atoms with E-state index < -0.39 is 5.91 Å². The number of carbonyl (C=O) groups is 2. The van der Waals surface area contributed by atoms with Crippen LogP contribution in [0.3, 0.4) is 0 Å². The minimum absolute atomic E-state index is 0.194. The third-order valence-corrected chi connectivity index (χ3v) is 4.32. The minimum atomic E-state index is -0.443. The van der Waals surface area contributed by atoms with Crippen LogP contribution in [0.4, 0.5) is 0 Å². The van der Waals surface area contributed by atoms with E-state index in [4.69, 9.17) is 4.74 Å². The lowest BCUT2D eigenvalue weighted by Crippen LogP contribution is -2.43. The van der Waals surface area contributed by atoms with E-state index in [0.717, 1.165) is 20.8 Å². The maximum Gasteiger partial charge on any atom is 0.276 e. The molecule has 3 rings (SSSR count). The van der Waals surface area contributed by atoms with E-state index in [9.17, 15) is 9.59 Å². The molecule has 0 aliphatic carbocycles. The molecule has 3 aromatic rings. The largest absolute Gasteiger partial charge is 0.483 e. The molecule has 0 spiro atoms. The van der Waals surface area contributed by atoms with E-state index in [1.54, 1.807) is 18.2 Å². The Bertz CT molecular complexity index is 972.